The van der Waals surface area contributed by atoms with Gasteiger partial charge in [0.15, 0.2) is 23.2 Å². The molecule has 3 aromatic rings. The molecule has 0 N–H and O–H groups in total. The number of benzene rings is 2. The number of carbonyl (C=O) groups excluding carboxylic acids is 2. The van der Waals surface area contributed by atoms with Gasteiger partial charge in [0, 0.05) is 24.3 Å². The average Bonchev–Trinajstić information content (AvgIpc) is 3.36. The summed E-state index contributed by atoms with van der Waals surface area (Å²) in [6.07, 6.45) is 0.787. The van der Waals surface area contributed by atoms with Crippen LogP contribution in [0.3, 0.4) is 0 Å². The van der Waals surface area contributed by atoms with E-state index in [1.807, 2.05) is 58.0 Å². The lowest BCUT2D eigenvalue weighted by Gasteiger charge is -2.21. The number of hydrogen-bond donors (Lipinski definition) is 0. The summed E-state index contributed by atoms with van der Waals surface area (Å²) in [4.78, 5) is 30.8. The zero-order valence-corrected chi connectivity index (χ0v) is 20.8. The molecule has 178 valence electrons. The van der Waals surface area contributed by atoms with Crippen LogP contribution in [0, 0.1) is 13.8 Å². The van der Waals surface area contributed by atoms with Crippen molar-refractivity contribution in [2.75, 3.05) is 11.5 Å². The molecule has 4 rings (SSSR count). The van der Waals surface area contributed by atoms with Crippen LogP contribution < -0.4 is 14.4 Å². The SMILES string of the molecule is CC(=O)N(c1nc(COC(=O)COc2cccc3c2OC(C)(C)C3)cs1)c1cccc(C)c1C. The van der Waals surface area contributed by atoms with Gasteiger partial charge in [-0.1, -0.05) is 24.3 Å². The van der Waals surface area contributed by atoms with E-state index < -0.39 is 5.97 Å². The van der Waals surface area contributed by atoms with Gasteiger partial charge in [-0.2, -0.15) is 0 Å². The molecule has 2 heterocycles. The molecule has 0 saturated carbocycles. The standard InChI is InChI=1S/C26H28N2O5S/c1-16-8-6-10-21(17(16)2)28(18(3)29)25-27-20(15-34-25)13-32-23(30)14-31-22-11-7-9-19-12-26(4,5)33-24(19)22/h6-11,15H,12-14H2,1-5H3. The van der Waals surface area contributed by atoms with Crippen molar-refractivity contribution >= 4 is 34.0 Å². The molecule has 0 bridgehead atoms. The number of para-hydroxylation sites is 1. The number of ether oxygens (including phenoxy) is 3. The van der Waals surface area contributed by atoms with Gasteiger partial charge in [0.2, 0.25) is 5.91 Å². The molecule has 0 atom stereocenters. The summed E-state index contributed by atoms with van der Waals surface area (Å²) < 4.78 is 17.0. The Bertz CT molecular complexity index is 1230. The fraction of sp³-hybridized carbons (Fsp3) is 0.346. The highest BCUT2D eigenvalue weighted by molar-refractivity contribution is 7.14. The van der Waals surface area contributed by atoms with Crippen LogP contribution in [0.15, 0.2) is 41.8 Å². The maximum absolute atomic E-state index is 12.4. The van der Waals surface area contributed by atoms with Crippen LogP contribution in [-0.4, -0.2) is 29.1 Å². The minimum Gasteiger partial charge on any atom is -0.483 e. The zero-order valence-electron chi connectivity index (χ0n) is 20.0. The van der Waals surface area contributed by atoms with Gasteiger partial charge < -0.3 is 14.2 Å². The number of carbonyl (C=O) groups is 2. The molecule has 2 aromatic carbocycles. The lowest BCUT2D eigenvalue weighted by molar-refractivity contribution is -0.147. The first-order valence-electron chi connectivity index (χ1n) is 11.1. The van der Waals surface area contributed by atoms with Crippen molar-refractivity contribution in [2.45, 2.75) is 53.2 Å². The van der Waals surface area contributed by atoms with Crippen molar-refractivity contribution in [2.24, 2.45) is 0 Å². The van der Waals surface area contributed by atoms with E-state index >= 15 is 0 Å². The first-order chi connectivity index (χ1) is 16.1. The second-order valence-corrected chi connectivity index (χ2v) is 9.76. The smallest absolute Gasteiger partial charge is 0.344 e. The van der Waals surface area contributed by atoms with Gasteiger partial charge in [-0.3, -0.25) is 9.69 Å². The van der Waals surface area contributed by atoms with Gasteiger partial charge in [-0.15, -0.1) is 11.3 Å². The molecule has 0 saturated heterocycles. The minimum absolute atomic E-state index is 0.00628. The molecule has 1 aliphatic rings. The minimum atomic E-state index is -0.512. The predicted molar refractivity (Wildman–Crippen MR) is 131 cm³/mol. The third-order valence-electron chi connectivity index (χ3n) is 5.64. The molecule has 0 radical (unpaired) electrons. The van der Waals surface area contributed by atoms with Gasteiger partial charge in [-0.05, 0) is 51.0 Å². The van der Waals surface area contributed by atoms with Crippen molar-refractivity contribution < 1.29 is 23.8 Å². The summed E-state index contributed by atoms with van der Waals surface area (Å²) >= 11 is 1.33. The molecule has 1 aliphatic heterocycles. The Morgan fingerprint density at radius 1 is 1.18 bits per heavy atom. The Morgan fingerprint density at radius 2 is 1.94 bits per heavy atom. The van der Waals surface area contributed by atoms with Gasteiger partial charge in [0.1, 0.15) is 12.2 Å². The van der Waals surface area contributed by atoms with Crippen LogP contribution in [0.4, 0.5) is 10.8 Å². The first-order valence-corrected chi connectivity index (χ1v) is 11.9. The van der Waals surface area contributed by atoms with Crippen LogP contribution in [0.25, 0.3) is 0 Å². The van der Waals surface area contributed by atoms with Crippen LogP contribution in [0.1, 0.15) is 43.2 Å². The number of esters is 1. The maximum Gasteiger partial charge on any atom is 0.344 e. The Labute approximate surface area is 203 Å². The molecule has 0 unspecified atom stereocenters. The van der Waals surface area contributed by atoms with Crippen molar-refractivity contribution in [3.05, 3.63) is 64.2 Å². The Balaban J connectivity index is 1.37. The van der Waals surface area contributed by atoms with Crippen LogP contribution in [0.2, 0.25) is 0 Å². The maximum atomic E-state index is 12.4. The summed E-state index contributed by atoms with van der Waals surface area (Å²) in [6, 6.07) is 11.5. The van der Waals surface area contributed by atoms with Gasteiger partial charge in [0.05, 0.1) is 11.4 Å². The second kappa shape index (κ2) is 9.46. The number of aryl methyl sites for hydroxylation is 1. The summed E-state index contributed by atoms with van der Waals surface area (Å²) in [5.74, 6) is 0.560. The molecule has 7 nitrogen and oxygen atoms in total. The summed E-state index contributed by atoms with van der Waals surface area (Å²) in [6.45, 7) is 9.27. The monoisotopic (exact) mass is 480 g/mol. The molecule has 1 amide bonds. The highest BCUT2D eigenvalue weighted by Gasteiger charge is 2.32. The normalized spacial score (nSPS) is 13.7. The number of hydrogen-bond acceptors (Lipinski definition) is 7. The molecular formula is C26H28N2O5S. The lowest BCUT2D eigenvalue weighted by atomic mass is 10.0. The third kappa shape index (κ3) is 5.07. The van der Waals surface area contributed by atoms with E-state index in [9.17, 15) is 9.59 Å². The fourth-order valence-electron chi connectivity index (χ4n) is 3.88. The van der Waals surface area contributed by atoms with Gasteiger partial charge in [0.25, 0.3) is 0 Å². The van der Waals surface area contributed by atoms with Gasteiger partial charge in [-0.25, -0.2) is 9.78 Å². The Morgan fingerprint density at radius 3 is 2.71 bits per heavy atom. The number of aromatic nitrogens is 1. The van der Waals surface area contributed by atoms with E-state index in [1.54, 1.807) is 16.3 Å². The fourth-order valence-corrected chi connectivity index (χ4v) is 4.75. The van der Waals surface area contributed by atoms with E-state index in [-0.39, 0.29) is 24.7 Å². The summed E-state index contributed by atoms with van der Waals surface area (Å²) in [5, 5.41) is 2.31. The Kier molecular flexibility index (Phi) is 6.61. The van der Waals surface area contributed by atoms with Crippen molar-refractivity contribution in [1.82, 2.24) is 4.98 Å². The largest absolute Gasteiger partial charge is 0.483 e. The van der Waals surface area contributed by atoms with Crippen molar-refractivity contribution in [1.29, 1.82) is 0 Å². The lowest BCUT2D eigenvalue weighted by Crippen LogP contribution is -2.25. The number of nitrogens with zero attached hydrogens (tertiary/aromatic N) is 2. The molecule has 0 spiro atoms. The van der Waals surface area contributed by atoms with Crippen molar-refractivity contribution in [3.8, 4) is 11.5 Å². The number of thiazole rings is 1. The highest BCUT2D eigenvalue weighted by Crippen LogP contribution is 2.41. The molecule has 0 aliphatic carbocycles. The quantitative estimate of drug-likeness (QED) is 0.428. The molecule has 0 fully saturated rings. The first kappa shape index (κ1) is 23.8. The number of fused-ring (bicyclic) bond motifs is 1. The van der Waals surface area contributed by atoms with Crippen LogP contribution >= 0.6 is 11.3 Å². The molecule has 34 heavy (non-hydrogen) atoms. The highest BCUT2D eigenvalue weighted by atomic mass is 32.1. The van der Waals surface area contributed by atoms with Gasteiger partial charge >= 0.3 is 5.97 Å². The number of anilines is 2. The average molecular weight is 481 g/mol. The van der Waals surface area contributed by atoms with E-state index in [1.165, 1.54) is 18.3 Å². The van der Waals surface area contributed by atoms with Crippen molar-refractivity contribution in [3.63, 3.8) is 0 Å². The van der Waals surface area contributed by atoms with E-state index in [2.05, 4.69) is 4.98 Å². The topological polar surface area (TPSA) is 78.0 Å². The number of amides is 1. The molecule has 8 heteroatoms. The van der Waals surface area contributed by atoms with E-state index in [4.69, 9.17) is 14.2 Å². The predicted octanol–water partition coefficient (Wildman–Crippen LogP) is 5.28. The van der Waals surface area contributed by atoms with Crippen LogP contribution in [0.5, 0.6) is 11.5 Å². The van der Waals surface area contributed by atoms with E-state index in [0.29, 0.717) is 22.3 Å². The van der Waals surface area contributed by atoms with E-state index in [0.717, 1.165) is 28.8 Å². The summed E-state index contributed by atoms with van der Waals surface area (Å²) in [5.41, 5.74) is 4.22. The zero-order chi connectivity index (χ0) is 24.5. The molecule has 1 aromatic heterocycles. The summed E-state index contributed by atoms with van der Waals surface area (Å²) in [7, 11) is 0. The second-order valence-electron chi connectivity index (χ2n) is 8.93. The third-order valence-corrected chi connectivity index (χ3v) is 6.52. The van der Waals surface area contributed by atoms with Crippen LogP contribution in [-0.2, 0) is 27.4 Å². The molecular weight excluding hydrogens is 452 g/mol. The Hall–Kier alpha value is -3.39. The number of rotatable bonds is 7.